The largest absolute Gasteiger partial charge is 0.520 e. The van der Waals surface area contributed by atoms with Gasteiger partial charge in [0, 0.05) is 15.6 Å². The lowest BCUT2D eigenvalue weighted by molar-refractivity contribution is 0.112. The molecule has 1 rings (SSSR count). The standard InChI is InChI=1S/C15H24O3Si/c1-14(2,3)19(17,15(4,5)6)18-13-9-7-8-12(10-13)11-16/h7-11,17H,1-6H3. The van der Waals surface area contributed by atoms with Gasteiger partial charge in [0.1, 0.15) is 12.0 Å². The van der Waals surface area contributed by atoms with Crippen LogP contribution in [0.5, 0.6) is 5.75 Å². The van der Waals surface area contributed by atoms with Crippen LogP contribution in [-0.2, 0) is 0 Å². The summed E-state index contributed by atoms with van der Waals surface area (Å²) in [5.74, 6) is 0.559. The van der Waals surface area contributed by atoms with Crippen LogP contribution in [0.15, 0.2) is 24.3 Å². The number of aldehydes is 1. The van der Waals surface area contributed by atoms with Gasteiger partial charge >= 0.3 is 8.56 Å². The minimum Gasteiger partial charge on any atom is -0.520 e. The highest BCUT2D eigenvalue weighted by Gasteiger charge is 2.57. The summed E-state index contributed by atoms with van der Waals surface area (Å²) < 4.78 is 6.01. The second kappa shape index (κ2) is 5.10. The molecule has 0 bridgehead atoms. The van der Waals surface area contributed by atoms with Crippen molar-refractivity contribution in [1.82, 2.24) is 0 Å². The van der Waals surface area contributed by atoms with Crippen molar-refractivity contribution in [3.63, 3.8) is 0 Å². The lowest BCUT2D eigenvalue weighted by Gasteiger charge is -2.45. The van der Waals surface area contributed by atoms with E-state index in [1.165, 1.54) is 0 Å². The molecule has 0 atom stereocenters. The molecule has 1 aromatic carbocycles. The van der Waals surface area contributed by atoms with Gasteiger partial charge < -0.3 is 9.22 Å². The fraction of sp³-hybridized carbons (Fsp3) is 0.533. The van der Waals surface area contributed by atoms with Crippen molar-refractivity contribution in [2.45, 2.75) is 51.6 Å². The number of carbonyl (C=O) groups excluding carboxylic acids is 1. The third-order valence-electron chi connectivity index (χ3n) is 3.29. The molecule has 0 unspecified atom stereocenters. The third-order valence-corrected chi connectivity index (χ3v) is 7.89. The second-order valence-corrected chi connectivity index (χ2v) is 11.4. The maximum atomic E-state index is 11.1. The highest BCUT2D eigenvalue weighted by atomic mass is 28.4. The zero-order valence-corrected chi connectivity index (χ0v) is 13.7. The lowest BCUT2D eigenvalue weighted by Crippen LogP contribution is -2.57. The first-order valence-corrected chi connectivity index (χ1v) is 8.33. The summed E-state index contributed by atoms with van der Waals surface area (Å²) in [5, 5.41) is -0.662. The van der Waals surface area contributed by atoms with Crippen LogP contribution < -0.4 is 4.43 Å². The summed E-state index contributed by atoms with van der Waals surface area (Å²) >= 11 is 0. The zero-order valence-electron chi connectivity index (χ0n) is 12.7. The normalized spacial score (nSPS) is 13.2. The SMILES string of the molecule is CC(C)(C)[Si](O)(Oc1cccc(C=O)c1)C(C)(C)C. The van der Waals surface area contributed by atoms with Crippen LogP contribution in [0.1, 0.15) is 51.9 Å². The Bertz CT molecular complexity index is 441. The zero-order chi connectivity index (χ0) is 14.9. The van der Waals surface area contributed by atoms with Crippen molar-refractivity contribution in [3.05, 3.63) is 29.8 Å². The van der Waals surface area contributed by atoms with Gasteiger partial charge in [-0.05, 0) is 12.1 Å². The molecule has 0 radical (unpaired) electrons. The molecule has 0 fully saturated rings. The van der Waals surface area contributed by atoms with E-state index >= 15 is 0 Å². The van der Waals surface area contributed by atoms with Crippen LogP contribution in [0.25, 0.3) is 0 Å². The fourth-order valence-corrected chi connectivity index (χ4v) is 5.58. The molecule has 0 aromatic heterocycles. The maximum absolute atomic E-state index is 11.1. The highest BCUT2D eigenvalue weighted by Crippen LogP contribution is 2.49. The molecule has 1 aromatic rings. The number of hydrogen-bond donors (Lipinski definition) is 1. The van der Waals surface area contributed by atoms with Crippen LogP contribution in [0, 0.1) is 0 Å². The number of carbonyl (C=O) groups is 1. The number of rotatable bonds is 3. The van der Waals surface area contributed by atoms with Crippen LogP contribution in [0.4, 0.5) is 0 Å². The smallest absolute Gasteiger partial charge is 0.407 e. The van der Waals surface area contributed by atoms with E-state index in [0.717, 1.165) is 6.29 Å². The summed E-state index contributed by atoms with van der Waals surface area (Å²) in [6.07, 6.45) is 0.779. The Morgan fingerprint density at radius 3 is 2.05 bits per heavy atom. The van der Waals surface area contributed by atoms with E-state index in [-0.39, 0.29) is 10.1 Å². The van der Waals surface area contributed by atoms with Gasteiger partial charge in [0.25, 0.3) is 0 Å². The van der Waals surface area contributed by atoms with Crippen LogP contribution in [0.2, 0.25) is 10.1 Å². The van der Waals surface area contributed by atoms with Gasteiger partial charge in [-0.3, -0.25) is 4.79 Å². The Morgan fingerprint density at radius 2 is 1.63 bits per heavy atom. The molecule has 19 heavy (non-hydrogen) atoms. The van der Waals surface area contributed by atoms with Gasteiger partial charge in [-0.15, -0.1) is 0 Å². The van der Waals surface area contributed by atoms with E-state index in [4.69, 9.17) is 4.43 Å². The van der Waals surface area contributed by atoms with Gasteiger partial charge in [0.05, 0.1) is 0 Å². The molecule has 0 aliphatic carbocycles. The summed E-state index contributed by atoms with van der Waals surface area (Å²) in [5.41, 5.74) is 0.552. The van der Waals surface area contributed by atoms with Crippen molar-refractivity contribution < 1.29 is 14.0 Å². The average Bonchev–Trinajstić information content (AvgIpc) is 2.26. The van der Waals surface area contributed by atoms with Crippen molar-refractivity contribution in [3.8, 4) is 5.75 Å². The maximum Gasteiger partial charge on any atom is 0.407 e. The molecule has 4 heteroatoms. The third kappa shape index (κ3) is 3.25. The Labute approximate surface area is 116 Å². The summed E-state index contributed by atoms with van der Waals surface area (Å²) in [4.78, 5) is 21.9. The van der Waals surface area contributed by atoms with Crippen molar-refractivity contribution in [2.24, 2.45) is 0 Å². The van der Waals surface area contributed by atoms with E-state index < -0.39 is 8.56 Å². The molecule has 3 nitrogen and oxygen atoms in total. The van der Waals surface area contributed by atoms with Crippen LogP contribution in [-0.4, -0.2) is 19.6 Å². The van der Waals surface area contributed by atoms with Gasteiger partial charge in [0.15, 0.2) is 0 Å². The molecule has 0 aliphatic rings. The van der Waals surface area contributed by atoms with Crippen molar-refractivity contribution in [1.29, 1.82) is 0 Å². The summed E-state index contributed by atoms with van der Waals surface area (Å²) in [6.45, 7) is 12.0. The van der Waals surface area contributed by atoms with Gasteiger partial charge in [-0.2, -0.15) is 0 Å². The molecular weight excluding hydrogens is 256 g/mol. The average molecular weight is 280 g/mol. The van der Waals surface area contributed by atoms with E-state index in [1.54, 1.807) is 24.3 Å². The Morgan fingerprint density at radius 1 is 1.11 bits per heavy atom. The fourth-order valence-electron chi connectivity index (χ4n) is 2.25. The molecule has 0 saturated carbocycles. The van der Waals surface area contributed by atoms with E-state index in [2.05, 4.69) is 0 Å². The lowest BCUT2D eigenvalue weighted by atomic mass is 10.2. The first-order chi connectivity index (χ1) is 8.51. The molecule has 0 spiro atoms. The topological polar surface area (TPSA) is 46.5 Å². The van der Waals surface area contributed by atoms with Gasteiger partial charge in [-0.1, -0.05) is 53.7 Å². The molecule has 1 N–H and O–H groups in total. The molecule has 0 amide bonds. The minimum atomic E-state index is -3.05. The van der Waals surface area contributed by atoms with E-state index in [9.17, 15) is 9.59 Å². The van der Waals surface area contributed by atoms with Crippen molar-refractivity contribution in [2.75, 3.05) is 0 Å². The first-order valence-electron chi connectivity index (χ1n) is 6.48. The predicted molar refractivity (Wildman–Crippen MR) is 79.9 cm³/mol. The van der Waals surface area contributed by atoms with Gasteiger partial charge in [0.2, 0.25) is 0 Å². The second-order valence-electron chi connectivity index (χ2n) is 6.94. The Hall–Kier alpha value is -1.13. The first kappa shape index (κ1) is 15.9. The minimum absolute atomic E-state index is 0.331. The summed E-state index contributed by atoms with van der Waals surface area (Å²) in [6, 6.07) is 6.93. The van der Waals surface area contributed by atoms with Crippen molar-refractivity contribution >= 4 is 14.8 Å². The monoisotopic (exact) mass is 280 g/mol. The molecule has 0 aliphatic heterocycles. The van der Waals surface area contributed by atoms with Crippen LogP contribution in [0.3, 0.4) is 0 Å². The highest BCUT2D eigenvalue weighted by molar-refractivity contribution is 6.72. The molecular formula is C15H24O3Si. The predicted octanol–water partition coefficient (Wildman–Crippen LogP) is 3.91. The van der Waals surface area contributed by atoms with Gasteiger partial charge in [-0.25, -0.2) is 0 Å². The number of hydrogen-bond acceptors (Lipinski definition) is 3. The molecule has 106 valence electrons. The van der Waals surface area contributed by atoms with E-state index in [0.29, 0.717) is 11.3 Å². The molecule has 0 heterocycles. The van der Waals surface area contributed by atoms with E-state index in [1.807, 2.05) is 41.5 Å². The quantitative estimate of drug-likeness (QED) is 0.674. The Balaban J connectivity index is 3.19. The summed E-state index contributed by atoms with van der Waals surface area (Å²) in [7, 11) is -3.05. The van der Waals surface area contributed by atoms with Crippen LogP contribution >= 0.6 is 0 Å². The number of benzene rings is 1. The Kier molecular flexibility index (Phi) is 4.27. The molecule has 0 saturated heterocycles.